The smallest absolute Gasteiger partial charge is 0.459 e. The molecule has 0 saturated carbocycles. The predicted molar refractivity (Wildman–Crippen MR) is 158 cm³/mol. The number of imide groups is 1. The zero-order valence-electron chi connectivity index (χ0n) is 25.1. The highest BCUT2D eigenvalue weighted by Gasteiger charge is 2.40. The maximum absolute atomic E-state index is 14.0. The number of nitrogens with zero attached hydrogens (tertiary/aromatic N) is 1. The first-order valence-electron chi connectivity index (χ1n) is 14.0. The second-order valence-corrected chi connectivity index (χ2v) is 12.2. The molecule has 234 valence electrons. The van der Waals surface area contributed by atoms with Gasteiger partial charge >= 0.3 is 19.7 Å². The van der Waals surface area contributed by atoms with Gasteiger partial charge in [0, 0.05) is 12.1 Å². The third kappa shape index (κ3) is 9.46. The van der Waals surface area contributed by atoms with Crippen LogP contribution in [0.2, 0.25) is 0 Å². The fraction of sp³-hybridized carbons (Fsp3) is 0.433. The van der Waals surface area contributed by atoms with Crippen molar-refractivity contribution in [2.75, 3.05) is 6.61 Å². The SMILES string of the molecule is C/C=C\N(C(=O)NC=O)C1OC(COP(=O)(N[C@@H](C)C(=O)OC(C)C)Oc2ccc(-c3ccc(F)c(C)c3)cc2)CC1C. The van der Waals surface area contributed by atoms with Crippen molar-refractivity contribution in [1.82, 2.24) is 15.3 Å². The lowest BCUT2D eigenvalue weighted by molar-refractivity contribution is -0.149. The molecule has 2 aromatic rings. The van der Waals surface area contributed by atoms with Crippen molar-refractivity contribution in [3.8, 4) is 16.9 Å². The quantitative estimate of drug-likeness (QED) is 0.165. The summed E-state index contributed by atoms with van der Waals surface area (Å²) in [6, 6.07) is 9.72. The van der Waals surface area contributed by atoms with Crippen molar-refractivity contribution < 1.29 is 41.9 Å². The van der Waals surface area contributed by atoms with Crippen LogP contribution in [-0.4, -0.2) is 54.4 Å². The van der Waals surface area contributed by atoms with Gasteiger partial charge in [-0.25, -0.2) is 13.8 Å². The topological polar surface area (TPSA) is 132 Å². The predicted octanol–water partition coefficient (Wildman–Crippen LogP) is 5.69. The first kappa shape index (κ1) is 33.9. The Morgan fingerprint density at radius 3 is 2.44 bits per heavy atom. The van der Waals surface area contributed by atoms with Gasteiger partial charge in [-0.15, -0.1) is 0 Å². The maximum atomic E-state index is 14.0. The van der Waals surface area contributed by atoms with Gasteiger partial charge in [0.2, 0.25) is 6.41 Å². The van der Waals surface area contributed by atoms with E-state index in [1.165, 1.54) is 24.1 Å². The standard InChI is InChI=1S/C30H39FN3O8P/c1-7-14-34(30(37)32-18-35)28-21(5)16-26(41-28)17-39-43(38,33-22(6)29(36)40-19(2)3)42-25-11-8-23(9-12-25)24-10-13-27(31)20(4)15-24/h7-15,18-19,21-22,26,28H,16-17H2,1-6H3,(H,33,38)(H,32,35,37)/b14-7-/t21?,22-,26?,28?,43?/m0/s1. The first-order valence-corrected chi connectivity index (χ1v) is 15.5. The molecule has 1 heterocycles. The molecule has 43 heavy (non-hydrogen) atoms. The fourth-order valence-corrected chi connectivity index (χ4v) is 6.01. The van der Waals surface area contributed by atoms with E-state index in [2.05, 4.69) is 10.4 Å². The van der Waals surface area contributed by atoms with Crippen LogP contribution in [0.4, 0.5) is 9.18 Å². The molecule has 3 rings (SSSR count). The maximum Gasteiger partial charge on any atom is 0.459 e. The summed E-state index contributed by atoms with van der Waals surface area (Å²) in [6.07, 6.45) is 2.19. The molecule has 1 aliphatic rings. The van der Waals surface area contributed by atoms with E-state index in [-0.39, 0.29) is 36.6 Å². The van der Waals surface area contributed by atoms with E-state index in [0.717, 1.165) is 11.1 Å². The van der Waals surface area contributed by atoms with Crippen LogP contribution in [-0.2, 0) is 28.2 Å². The van der Waals surface area contributed by atoms with E-state index < -0.39 is 38.1 Å². The van der Waals surface area contributed by atoms with Crippen LogP contribution in [0.5, 0.6) is 5.75 Å². The molecule has 2 N–H and O–H groups in total. The number of hydrogen-bond acceptors (Lipinski definition) is 8. The van der Waals surface area contributed by atoms with Crippen molar-refractivity contribution in [2.24, 2.45) is 5.92 Å². The van der Waals surface area contributed by atoms with E-state index in [1.54, 1.807) is 70.2 Å². The normalized spacial score (nSPS) is 20.4. The number of carbonyl (C=O) groups excluding carboxylic acids is 3. The largest absolute Gasteiger partial charge is 0.462 e. The van der Waals surface area contributed by atoms with E-state index in [9.17, 15) is 23.3 Å². The van der Waals surface area contributed by atoms with Crippen molar-refractivity contribution in [2.45, 2.75) is 72.4 Å². The Hall–Kier alpha value is -3.57. The van der Waals surface area contributed by atoms with Gasteiger partial charge in [-0.05, 0) is 82.0 Å². The Bertz CT molecular complexity index is 1350. The molecule has 3 amide bonds. The first-order chi connectivity index (χ1) is 20.4. The molecule has 5 atom stereocenters. The molecule has 11 nitrogen and oxygen atoms in total. The summed E-state index contributed by atoms with van der Waals surface area (Å²) < 4.78 is 50.6. The van der Waals surface area contributed by atoms with Crippen molar-refractivity contribution >= 4 is 26.2 Å². The second-order valence-electron chi connectivity index (χ2n) is 10.5. The number of allylic oxidation sites excluding steroid dienone is 1. The lowest BCUT2D eigenvalue weighted by atomic mass is 10.0. The minimum absolute atomic E-state index is 0.155. The molecule has 4 unspecified atom stereocenters. The number of benzene rings is 2. The molecule has 0 bridgehead atoms. The van der Waals surface area contributed by atoms with Crippen molar-refractivity contribution in [3.63, 3.8) is 0 Å². The van der Waals surface area contributed by atoms with Crippen LogP contribution < -0.4 is 14.9 Å². The highest BCUT2D eigenvalue weighted by Crippen LogP contribution is 2.46. The summed E-state index contributed by atoms with van der Waals surface area (Å²) in [7, 11) is -4.19. The van der Waals surface area contributed by atoms with Crippen LogP contribution in [0, 0.1) is 18.7 Å². The summed E-state index contributed by atoms with van der Waals surface area (Å²) in [6.45, 7) is 9.96. The molecule has 1 fully saturated rings. The van der Waals surface area contributed by atoms with Gasteiger partial charge in [-0.1, -0.05) is 31.2 Å². The molecular weight excluding hydrogens is 580 g/mol. The average Bonchev–Trinajstić information content (AvgIpc) is 3.32. The molecule has 1 aliphatic heterocycles. The molecule has 0 aromatic heterocycles. The van der Waals surface area contributed by atoms with E-state index in [1.807, 2.05) is 6.92 Å². The second kappa shape index (κ2) is 15.2. The molecule has 1 saturated heterocycles. The summed E-state index contributed by atoms with van der Waals surface area (Å²) in [5.74, 6) is -0.897. The Morgan fingerprint density at radius 1 is 1.16 bits per heavy atom. The summed E-state index contributed by atoms with van der Waals surface area (Å²) in [5, 5.41) is 4.75. The zero-order chi connectivity index (χ0) is 31.7. The van der Waals surface area contributed by atoms with E-state index >= 15 is 0 Å². The zero-order valence-corrected chi connectivity index (χ0v) is 26.0. The minimum atomic E-state index is -4.19. The third-order valence-corrected chi connectivity index (χ3v) is 8.16. The monoisotopic (exact) mass is 619 g/mol. The van der Waals surface area contributed by atoms with Crippen molar-refractivity contribution in [1.29, 1.82) is 0 Å². The highest BCUT2D eigenvalue weighted by molar-refractivity contribution is 7.52. The van der Waals surface area contributed by atoms with Gasteiger partial charge < -0.3 is 14.0 Å². The van der Waals surface area contributed by atoms with E-state index in [4.69, 9.17) is 18.5 Å². The Morgan fingerprint density at radius 2 is 1.84 bits per heavy atom. The number of carbonyl (C=O) groups is 3. The van der Waals surface area contributed by atoms with Crippen LogP contribution >= 0.6 is 7.75 Å². The van der Waals surface area contributed by atoms with Gasteiger partial charge in [-0.2, -0.15) is 5.09 Å². The molecule has 0 radical (unpaired) electrons. The van der Waals surface area contributed by atoms with Gasteiger partial charge in [-0.3, -0.25) is 24.3 Å². The summed E-state index contributed by atoms with van der Waals surface area (Å²) in [4.78, 5) is 37.0. The highest BCUT2D eigenvalue weighted by atomic mass is 31.2. The Labute approximate surface area is 251 Å². The lowest BCUT2D eigenvalue weighted by Gasteiger charge is -2.27. The number of rotatable bonds is 13. The Balaban J connectivity index is 1.77. The lowest BCUT2D eigenvalue weighted by Crippen LogP contribution is -2.44. The Kier molecular flexibility index (Phi) is 12.0. The van der Waals surface area contributed by atoms with Crippen LogP contribution in [0.1, 0.15) is 46.6 Å². The number of aryl methyl sites for hydroxylation is 1. The van der Waals surface area contributed by atoms with Gasteiger partial charge in [0.1, 0.15) is 23.8 Å². The summed E-state index contributed by atoms with van der Waals surface area (Å²) >= 11 is 0. The third-order valence-electron chi connectivity index (χ3n) is 6.51. The van der Waals surface area contributed by atoms with E-state index in [0.29, 0.717) is 12.0 Å². The van der Waals surface area contributed by atoms with Gasteiger partial charge in [0.15, 0.2) is 0 Å². The fourth-order valence-electron chi connectivity index (χ4n) is 4.49. The number of amides is 3. The van der Waals surface area contributed by atoms with Gasteiger partial charge in [0.25, 0.3) is 0 Å². The minimum Gasteiger partial charge on any atom is -0.462 e. The summed E-state index contributed by atoms with van der Waals surface area (Å²) in [5.41, 5.74) is 2.09. The number of urea groups is 1. The number of nitrogens with one attached hydrogen (secondary N) is 2. The van der Waals surface area contributed by atoms with Crippen LogP contribution in [0.3, 0.4) is 0 Å². The van der Waals surface area contributed by atoms with Gasteiger partial charge in [0.05, 0.1) is 18.8 Å². The number of ether oxygens (including phenoxy) is 2. The molecular formula is C30H39FN3O8P. The molecule has 2 aromatic carbocycles. The number of halogens is 1. The molecule has 0 aliphatic carbocycles. The molecule has 13 heteroatoms. The van der Waals surface area contributed by atoms with Crippen molar-refractivity contribution in [3.05, 3.63) is 66.1 Å². The number of hydrogen-bond donors (Lipinski definition) is 2. The van der Waals surface area contributed by atoms with Crippen LogP contribution in [0.15, 0.2) is 54.7 Å². The molecule has 0 spiro atoms. The average molecular weight is 620 g/mol. The number of esters is 1. The van der Waals surface area contributed by atoms with Crippen LogP contribution in [0.25, 0.3) is 11.1 Å².